The molecule has 3 rings (SSSR count). The van der Waals surface area contributed by atoms with E-state index in [2.05, 4.69) is 13.8 Å². The fourth-order valence-electron chi connectivity index (χ4n) is 4.02. The number of methoxy groups -OCH3 is 1. The number of carbonyl (C=O) groups is 2. The van der Waals surface area contributed by atoms with Crippen LogP contribution in [0.5, 0.6) is 11.5 Å². The van der Waals surface area contributed by atoms with E-state index < -0.39 is 17.7 Å². The predicted octanol–water partition coefficient (Wildman–Crippen LogP) is 4.89. The number of aliphatic hydroxyl groups excluding tert-OH is 1. The zero-order valence-electron chi connectivity index (χ0n) is 21.3. The lowest BCUT2D eigenvalue weighted by Gasteiger charge is -2.25. The third-order valence-electron chi connectivity index (χ3n) is 5.66. The van der Waals surface area contributed by atoms with E-state index in [9.17, 15) is 14.7 Å². The first-order valence-electron chi connectivity index (χ1n) is 11.9. The molecule has 7 nitrogen and oxygen atoms in total. The number of nitrogens with zero attached hydrogens (tertiary/aromatic N) is 1. The van der Waals surface area contributed by atoms with Crippen molar-refractivity contribution in [1.29, 1.82) is 0 Å². The molecule has 0 aliphatic carbocycles. The molecule has 1 N–H and O–H groups in total. The van der Waals surface area contributed by atoms with Crippen molar-refractivity contribution < 1.29 is 28.9 Å². The normalized spacial score (nSPS) is 17.5. The number of hydrogen-bond acceptors (Lipinski definition) is 6. The van der Waals surface area contributed by atoms with Gasteiger partial charge in [-0.15, -0.1) is 0 Å². The minimum absolute atomic E-state index is 0.0175. The van der Waals surface area contributed by atoms with Crippen LogP contribution in [0.4, 0.5) is 0 Å². The lowest BCUT2D eigenvalue weighted by molar-refractivity contribution is -0.140. The number of aryl methyl sites for hydroxylation is 1. The Morgan fingerprint density at radius 3 is 2.31 bits per heavy atom. The Balaban J connectivity index is 2.05. The van der Waals surface area contributed by atoms with Crippen LogP contribution in [0.15, 0.2) is 48.0 Å². The highest BCUT2D eigenvalue weighted by Gasteiger charge is 2.45. The van der Waals surface area contributed by atoms with Crippen LogP contribution in [-0.2, 0) is 14.3 Å². The summed E-state index contributed by atoms with van der Waals surface area (Å²) < 4.78 is 16.7. The van der Waals surface area contributed by atoms with Crippen LogP contribution in [-0.4, -0.2) is 54.7 Å². The summed E-state index contributed by atoms with van der Waals surface area (Å²) in [4.78, 5) is 27.5. The molecule has 1 fully saturated rings. The molecule has 2 aromatic carbocycles. The summed E-state index contributed by atoms with van der Waals surface area (Å²) in [6.07, 6.45) is 0.0175. The summed E-state index contributed by atoms with van der Waals surface area (Å²) >= 11 is 0. The van der Waals surface area contributed by atoms with Crippen LogP contribution < -0.4 is 9.47 Å². The quantitative estimate of drug-likeness (QED) is 0.296. The highest BCUT2D eigenvalue weighted by Crippen LogP contribution is 2.40. The summed E-state index contributed by atoms with van der Waals surface area (Å²) in [7, 11) is 1.54. The maximum Gasteiger partial charge on any atom is 0.295 e. The summed E-state index contributed by atoms with van der Waals surface area (Å²) in [5, 5.41) is 11.3. The number of benzene rings is 2. The van der Waals surface area contributed by atoms with Crippen molar-refractivity contribution in [2.75, 3.05) is 26.9 Å². The first-order chi connectivity index (χ1) is 16.6. The monoisotopic (exact) mass is 481 g/mol. The van der Waals surface area contributed by atoms with E-state index >= 15 is 0 Å². The molecule has 0 radical (unpaired) electrons. The second-order valence-electron chi connectivity index (χ2n) is 9.41. The lowest BCUT2D eigenvalue weighted by Crippen LogP contribution is -2.32. The Morgan fingerprint density at radius 2 is 1.74 bits per heavy atom. The molecule has 1 aliphatic heterocycles. The molecule has 1 amide bonds. The molecule has 1 heterocycles. The van der Waals surface area contributed by atoms with E-state index in [1.165, 1.54) is 12.0 Å². The molecule has 1 atom stereocenters. The lowest BCUT2D eigenvalue weighted by atomic mass is 9.94. The average molecular weight is 482 g/mol. The minimum Gasteiger partial charge on any atom is -0.507 e. The van der Waals surface area contributed by atoms with E-state index in [4.69, 9.17) is 14.2 Å². The summed E-state index contributed by atoms with van der Waals surface area (Å²) in [6, 6.07) is 11.7. The Morgan fingerprint density at radius 1 is 1.06 bits per heavy atom. The molecule has 188 valence electrons. The largest absolute Gasteiger partial charge is 0.507 e. The second kappa shape index (κ2) is 11.4. The molecule has 1 aliphatic rings. The molecule has 7 heteroatoms. The molecule has 0 bridgehead atoms. The third-order valence-corrected chi connectivity index (χ3v) is 5.66. The number of carbonyl (C=O) groups excluding carboxylic acids is 2. The van der Waals surface area contributed by atoms with E-state index in [-0.39, 0.29) is 30.6 Å². The van der Waals surface area contributed by atoms with Gasteiger partial charge in [0.1, 0.15) is 17.3 Å². The summed E-state index contributed by atoms with van der Waals surface area (Å²) in [5.74, 6) is 0.184. The van der Waals surface area contributed by atoms with Crippen molar-refractivity contribution in [3.05, 3.63) is 64.7 Å². The van der Waals surface area contributed by atoms with Crippen LogP contribution in [0, 0.1) is 12.8 Å². The zero-order valence-corrected chi connectivity index (χ0v) is 21.3. The van der Waals surface area contributed by atoms with Gasteiger partial charge in [-0.2, -0.15) is 0 Å². The Hall–Kier alpha value is -3.32. The van der Waals surface area contributed by atoms with Crippen molar-refractivity contribution in [1.82, 2.24) is 4.90 Å². The standard InChI is InChI=1S/C28H35NO6/c1-17(2)16-34-23-12-9-21(15-19(23)5)26(30)24-25(29(13-14-33-6)28(32)27(24)31)20-7-10-22(11-8-20)35-18(3)4/h7-12,15,17-18,25,30H,13-14,16H2,1-6H3/b26-24-. The van der Waals surface area contributed by atoms with Crippen LogP contribution >= 0.6 is 0 Å². The van der Waals surface area contributed by atoms with Gasteiger partial charge in [-0.05, 0) is 68.1 Å². The topological polar surface area (TPSA) is 85.3 Å². The van der Waals surface area contributed by atoms with Gasteiger partial charge in [-0.1, -0.05) is 26.0 Å². The first kappa shape index (κ1) is 26.3. The predicted molar refractivity (Wildman–Crippen MR) is 135 cm³/mol. The molecule has 1 unspecified atom stereocenters. The van der Waals surface area contributed by atoms with Crippen molar-refractivity contribution in [3.8, 4) is 11.5 Å². The molecular formula is C28H35NO6. The highest BCUT2D eigenvalue weighted by atomic mass is 16.5. The number of ketones is 1. The van der Waals surface area contributed by atoms with Crippen LogP contribution in [0.1, 0.15) is 50.4 Å². The molecule has 1 saturated heterocycles. The van der Waals surface area contributed by atoms with Gasteiger partial charge in [0.05, 0.1) is 30.9 Å². The number of amides is 1. The number of aliphatic hydroxyl groups is 1. The van der Waals surface area contributed by atoms with Crippen LogP contribution in [0.25, 0.3) is 5.76 Å². The smallest absolute Gasteiger partial charge is 0.295 e. The van der Waals surface area contributed by atoms with Gasteiger partial charge < -0.3 is 24.2 Å². The number of hydrogen-bond donors (Lipinski definition) is 1. The Bertz CT molecular complexity index is 1090. The SMILES string of the molecule is COCCN1C(=O)C(=O)/C(=C(\O)c2ccc(OCC(C)C)c(C)c2)C1c1ccc(OC(C)C)cc1. The van der Waals surface area contributed by atoms with E-state index in [0.29, 0.717) is 35.2 Å². The average Bonchev–Trinajstić information content (AvgIpc) is 3.06. The van der Waals surface area contributed by atoms with E-state index in [0.717, 1.165) is 5.56 Å². The van der Waals surface area contributed by atoms with Crippen LogP contribution in [0.3, 0.4) is 0 Å². The summed E-state index contributed by atoms with van der Waals surface area (Å²) in [6.45, 7) is 11.0. The van der Waals surface area contributed by atoms with Crippen molar-refractivity contribution in [3.63, 3.8) is 0 Å². The van der Waals surface area contributed by atoms with E-state index in [1.54, 1.807) is 30.3 Å². The molecular weight excluding hydrogens is 446 g/mol. The van der Waals surface area contributed by atoms with Gasteiger partial charge in [0.15, 0.2) is 0 Å². The number of ether oxygens (including phenoxy) is 3. The van der Waals surface area contributed by atoms with E-state index in [1.807, 2.05) is 32.9 Å². The molecule has 35 heavy (non-hydrogen) atoms. The fourth-order valence-corrected chi connectivity index (χ4v) is 4.02. The maximum atomic E-state index is 13.1. The Labute approximate surface area is 207 Å². The molecule has 2 aromatic rings. The van der Waals surface area contributed by atoms with Gasteiger partial charge >= 0.3 is 0 Å². The summed E-state index contributed by atoms with van der Waals surface area (Å²) in [5.41, 5.74) is 2.04. The van der Waals surface area contributed by atoms with Gasteiger partial charge in [-0.3, -0.25) is 9.59 Å². The van der Waals surface area contributed by atoms with Crippen molar-refractivity contribution >= 4 is 17.4 Å². The Kier molecular flexibility index (Phi) is 8.57. The first-order valence-corrected chi connectivity index (χ1v) is 11.9. The number of Topliss-reactive ketones (excluding diaryl/α,β-unsaturated/α-hetero) is 1. The maximum absolute atomic E-state index is 13.1. The zero-order chi connectivity index (χ0) is 25.7. The molecule has 0 aromatic heterocycles. The van der Waals surface area contributed by atoms with Gasteiger partial charge in [0.25, 0.3) is 11.7 Å². The number of likely N-dealkylation sites (tertiary alicyclic amines) is 1. The molecule has 0 saturated carbocycles. The second-order valence-corrected chi connectivity index (χ2v) is 9.41. The highest BCUT2D eigenvalue weighted by molar-refractivity contribution is 6.46. The third kappa shape index (κ3) is 6.03. The van der Waals surface area contributed by atoms with Gasteiger partial charge in [0.2, 0.25) is 0 Å². The number of rotatable bonds is 10. The fraction of sp³-hybridized carbons (Fsp3) is 0.429. The minimum atomic E-state index is -0.740. The van der Waals surface area contributed by atoms with Crippen molar-refractivity contribution in [2.45, 2.75) is 46.8 Å². The van der Waals surface area contributed by atoms with Gasteiger partial charge in [-0.25, -0.2) is 0 Å². The molecule has 0 spiro atoms. The van der Waals surface area contributed by atoms with Crippen LogP contribution in [0.2, 0.25) is 0 Å². The van der Waals surface area contributed by atoms with Crippen molar-refractivity contribution in [2.24, 2.45) is 5.92 Å². The van der Waals surface area contributed by atoms with Gasteiger partial charge in [0, 0.05) is 19.2 Å².